The number of nitro groups is 1. The van der Waals surface area contributed by atoms with Crippen LogP contribution in [0.15, 0.2) is 24.3 Å². The van der Waals surface area contributed by atoms with Gasteiger partial charge in [-0.05, 0) is 18.4 Å². The van der Waals surface area contributed by atoms with E-state index in [1.807, 2.05) is 0 Å². The summed E-state index contributed by atoms with van der Waals surface area (Å²) in [4.78, 5) is 32.3. The molecule has 7 heteroatoms. The lowest BCUT2D eigenvalue weighted by Crippen LogP contribution is -2.26. The zero-order valence-electron chi connectivity index (χ0n) is 11.0. The zero-order valence-corrected chi connectivity index (χ0v) is 11.0. The molecule has 0 saturated heterocycles. The number of rotatable bonds is 7. The molecule has 0 saturated carbocycles. The summed E-state index contributed by atoms with van der Waals surface area (Å²) in [5.74, 6) is -1.32. The number of carboxylic acids is 1. The molecule has 0 aliphatic heterocycles. The summed E-state index contributed by atoms with van der Waals surface area (Å²) in [6.45, 7) is 2.11. The molecule has 0 fully saturated rings. The first-order valence-electron chi connectivity index (χ1n) is 6.14. The molecule has 0 aromatic heterocycles. The molecule has 2 N–H and O–H groups in total. The van der Waals surface area contributed by atoms with E-state index in [1.165, 1.54) is 24.3 Å². The second-order valence-electron chi connectivity index (χ2n) is 4.56. The van der Waals surface area contributed by atoms with Crippen molar-refractivity contribution in [2.45, 2.75) is 19.8 Å². The van der Waals surface area contributed by atoms with Crippen LogP contribution in [0, 0.1) is 16.0 Å². The molecule has 0 bridgehead atoms. The van der Waals surface area contributed by atoms with Crippen molar-refractivity contribution in [1.29, 1.82) is 0 Å². The Hall–Kier alpha value is -2.44. The van der Waals surface area contributed by atoms with Gasteiger partial charge in [-0.2, -0.15) is 0 Å². The van der Waals surface area contributed by atoms with E-state index in [0.29, 0.717) is 13.0 Å². The Morgan fingerprint density at radius 3 is 2.75 bits per heavy atom. The molecule has 0 aliphatic rings. The lowest BCUT2D eigenvalue weighted by molar-refractivity contribution is -0.384. The van der Waals surface area contributed by atoms with Crippen LogP contribution in [0.2, 0.25) is 0 Å². The fraction of sp³-hybridized carbons (Fsp3) is 0.385. The van der Waals surface area contributed by atoms with E-state index < -0.39 is 16.8 Å². The Bertz CT molecular complexity index is 515. The molecular formula is C13H16N2O5. The monoisotopic (exact) mass is 280 g/mol. The van der Waals surface area contributed by atoms with Crippen molar-refractivity contribution in [1.82, 2.24) is 5.32 Å². The third kappa shape index (κ3) is 5.05. The van der Waals surface area contributed by atoms with Crippen molar-refractivity contribution in [3.63, 3.8) is 0 Å². The molecule has 0 radical (unpaired) electrons. The minimum absolute atomic E-state index is 0.0436. The maximum atomic E-state index is 11.8. The first-order chi connectivity index (χ1) is 9.40. The summed E-state index contributed by atoms with van der Waals surface area (Å²) >= 11 is 0. The smallest absolute Gasteiger partial charge is 0.303 e. The van der Waals surface area contributed by atoms with Gasteiger partial charge in [-0.1, -0.05) is 13.0 Å². The Labute approximate surface area is 115 Å². The van der Waals surface area contributed by atoms with Crippen molar-refractivity contribution in [3.05, 3.63) is 39.9 Å². The lowest BCUT2D eigenvalue weighted by Gasteiger charge is -2.09. The number of hydrogen-bond acceptors (Lipinski definition) is 4. The number of nitro benzene ring substituents is 1. The van der Waals surface area contributed by atoms with Crippen molar-refractivity contribution < 1.29 is 19.6 Å². The fourth-order valence-electron chi connectivity index (χ4n) is 1.70. The van der Waals surface area contributed by atoms with Crippen molar-refractivity contribution in [2.24, 2.45) is 5.92 Å². The van der Waals surface area contributed by atoms with Gasteiger partial charge in [0.2, 0.25) is 0 Å². The summed E-state index contributed by atoms with van der Waals surface area (Å²) in [6.07, 6.45) is 0.583. The molecule has 1 aromatic rings. The maximum absolute atomic E-state index is 11.8. The first kappa shape index (κ1) is 15.6. The van der Waals surface area contributed by atoms with E-state index in [9.17, 15) is 19.7 Å². The van der Waals surface area contributed by atoms with E-state index in [2.05, 4.69) is 5.32 Å². The van der Waals surface area contributed by atoms with E-state index in [-0.39, 0.29) is 23.6 Å². The van der Waals surface area contributed by atoms with E-state index in [0.717, 1.165) is 0 Å². The predicted molar refractivity (Wildman–Crippen MR) is 71.5 cm³/mol. The predicted octanol–water partition coefficient (Wildman–Crippen LogP) is 1.83. The summed E-state index contributed by atoms with van der Waals surface area (Å²) in [7, 11) is 0. The Kier molecular flexibility index (Phi) is 5.64. The van der Waals surface area contributed by atoms with E-state index >= 15 is 0 Å². The number of carbonyl (C=O) groups is 2. The quantitative estimate of drug-likeness (QED) is 0.584. The largest absolute Gasteiger partial charge is 0.481 e. The van der Waals surface area contributed by atoms with Crippen LogP contribution >= 0.6 is 0 Å². The third-order valence-corrected chi connectivity index (χ3v) is 2.76. The summed E-state index contributed by atoms with van der Waals surface area (Å²) in [5, 5.41) is 21.8. The highest BCUT2D eigenvalue weighted by molar-refractivity contribution is 5.94. The van der Waals surface area contributed by atoms with E-state index in [1.54, 1.807) is 6.92 Å². The Morgan fingerprint density at radius 1 is 1.45 bits per heavy atom. The zero-order chi connectivity index (χ0) is 15.1. The highest BCUT2D eigenvalue weighted by Gasteiger charge is 2.12. The van der Waals surface area contributed by atoms with Gasteiger partial charge in [0.1, 0.15) is 0 Å². The number of carboxylic acid groups (broad SMARTS) is 1. The van der Waals surface area contributed by atoms with Gasteiger partial charge in [-0.15, -0.1) is 0 Å². The molecule has 108 valence electrons. The van der Waals surface area contributed by atoms with Crippen LogP contribution in [0.25, 0.3) is 0 Å². The average Bonchev–Trinajstić information content (AvgIpc) is 2.37. The molecule has 1 rings (SSSR count). The number of benzene rings is 1. The second-order valence-corrected chi connectivity index (χ2v) is 4.56. The minimum Gasteiger partial charge on any atom is -0.481 e. The van der Waals surface area contributed by atoms with Gasteiger partial charge in [0.25, 0.3) is 11.6 Å². The summed E-state index contributed by atoms with van der Waals surface area (Å²) < 4.78 is 0. The molecule has 1 aromatic carbocycles. The van der Waals surface area contributed by atoms with Gasteiger partial charge in [0, 0.05) is 30.7 Å². The number of carbonyl (C=O) groups excluding carboxylic acids is 1. The molecular weight excluding hydrogens is 264 g/mol. The van der Waals surface area contributed by atoms with Crippen LogP contribution in [0.1, 0.15) is 30.1 Å². The molecule has 1 amide bonds. The average molecular weight is 280 g/mol. The minimum atomic E-state index is -0.873. The molecule has 1 atom stereocenters. The van der Waals surface area contributed by atoms with Crippen molar-refractivity contribution in [2.75, 3.05) is 6.54 Å². The number of non-ortho nitro benzene ring substituents is 1. The number of nitrogens with one attached hydrogen (secondary N) is 1. The van der Waals surface area contributed by atoms with Gasteiger partial charge in [-0.25, -0.2) is 0 Å². The van der Waals surface area contributed by atoms with Crippen LogP contribution in [-0.4, -0.2) is 28.5 Å². The van der Waals surface area contributed by atoms with Crippen LogP contribution in [-0.2, 0) is 4.79 Å². The number of amides is 1. The van der Waals surface area contributed by atoms with Crippen LogP contribution < -0.4 is 5.32 Å². The fourth-order valence-corrected chi connectivity index (χ4v) is 1.70. The summed E-state index contributed by atoms with van der Waals surface area (Å²) in [6, 6.07) is 5.45. The Balaban J connectivity index is 2.49. The van der Waals surface area contributed by atoms with Gasteiger partial charge in [0.05, 0.1) is 4.92 Å². The van der Waals surface area contributed by atoms with Crippen molar-refractivity contribution in [3.8, 4) is 0 Å². The van der Waals surface area contributed by atoms with Gasteiger partial charge in [0.15, 0.2) is 0 Å². The van der Waals surface area contributed by atoms with Crippen molar-refractivity contribution >= 4 is 17.6 Å². The third-order valence-electron chi connectivity index (χ3n) is 2.76. The van der Waals surface area contributed by atoms with Gasteiger partial charge in [-0.3, -0.25) is 19.7 Å². The lowest BCUT2D eigenvalue weighted by atomic mass is 10.0. The number of hydrogen-bond donors (Lipinski definition) is 2. The van der Waals surface area contributed by atoms with E-state index in [4.69, 9.17) is 5.11 Å². The normalized spacial score (nSPS) is 11.7. The van der Waals surface area contributed by atoms with Crippen LogP contribution in [0.3, 0.4) is 0 Å². The molecule has 7 nitrogen and oxygen atoms in total. The molecule has 0 unspecified atom stereocenters. The molecule has 20 heavy (non-hydrogen) atoms. The standard InChI is InChI=1S/C13H16N2O5/c1-9(7-12(16)17)5-6-14-13(18)10-3-2-4-11(8-10)15(19)20/h2-4,8-9H,5-7H2,1H3,(H,14,18)(H,16,17)/t9-/m1/s1. The SMILES string of the molecule is C[C@H](CCNC(=O)c1cccc([N+](=O)[O-])c1)CC(=O)O. The maximum Gasteiger partial charge on any atom is 0.303 e. The number of nitrogens with zero attached hydrogens (tertiary/aromatic N) is 1. The van der Waals surface area contributed by atoms with Crippen LogP contribution in [0.4, 0.5) is 5.69 Å². The first-order valence-corrected chi connectivity index (χ1v) is 6.14. The second kappa shape index (κ2) is 7.22. The highest BCUT2D eigenvalue weighted by atomic mass is 16.6. The van der Waals surface area contributed by atoms with Gasteiger partial charge >= 0.3 is 5.97 Å². The topological polar surface area (TPSA) is 110 Å². The molecule has 0 heterocycles. The molecule has 0 aliphatic carbocycles. The number of aliphatic carboxylic acids is 1. The van der Waals surface area contributed by atoms with Crippen LogP contribution in [0.5, 0.6) is 0 Å². The van der Waals surface area contributed by atoms with Gasteiger partial charge < -0.3 is 10.4 Å². The molecule has 0 spiro atoms. The highest BCUT2D eigenvalue weighted by Crippen LogP contribution is 2.13. The Morgan fingerprint density at radius 2 is 2.15 bits per heavy atom. The summed E-state index contributed by atoms with van der Waals surface area (Å²) in [5.41, 5.74) is 0.0713.